The first kappa shape index (κ1) is 8.46. The SMILES string of the molecule is CCCCc1nc(=S)n(C)[nH]1. The summed E-state index contributed by atoms with van der Waals surface area (Å²) in [5.74, 6) is 0.999. The first-order valence-corrected chi connectivity index (χ1v) is 4.26. The van der Waals surface area contributed by atoms with Crippen LogP contribution in [0.1, 0.15) is 25.6 Å². The Balaban J connectivity index is 2.65. The van der Waals surface area contributed by atoms with Crippen molar-refractivity contribution in [2.45, 2.75) is 26.2 Å². The number of aromatic nitrogens is 3. The van der Waals surface area contributed by atoms with Gasteiger partial charge in [0.1, 0.15) is 5.82 Å². The van der Waals surface area contributed by atoms with E-state index in [-0.39, 0.29) is 0 Å². The molecule has 0 aliphatic rings. The van der Waals surface area contributed by atoms with Gasteiger partial charge >= 0.3 is 0 Å². The van der Waals surface area contributed by atoms with Crippen LogP contribution < -0.4 is 0 Å². The second-order valence-corrected chi connectivity index (χ2v) is 2.98. The van der Waals surface area contributed by atoms with Gasteiger partial charge in [-0.25, -0.2) is 4.98 Å². The largest absolute Gasteiger partial charge is 0.283 e. The Morgan fingerprint density at radius 2 is 2.36 bits per heavy atom. The van der Waals surface area contributed by atoms with Gasteiger partial charge in [-0.1, -0.05) is 13.3 Å². The molecule has 0 atom stereocenters. The van der Waals surface area contributed by atoms with Gasteiger partial charge in [-0.05, 0) is 18.6 Å². The normalized spacial score (nSPS) is 10.4. The number of aromatic amines is 1. The molecule has 0 aromatic carbocycles. The van der Waals surface area contributed by atoms with Gasteiger partial charge in [0.15, 0.2) is 0 Å². The second kappa shape index (κ2) is 3.67. The molecule has 1 heterocycles. The lowest BCUT2D eigenvalue weighted by molar-refractivity contribution is 0.707. The molecule has 1 N–H and O–H groups in total. The summed E-state index contributed by atoms with van der Waals surface area (Å²) in [6, 6.07) is 0. The minimum atomic E-state index is 0.635. The average Bonchev–Trinajstić information content (AvgIpc) is 2.28. The number of unbranched alkanes of at least 4 members (excludes halogenated alkanes) is 1. The summed E-state index contributed by atoms with van der Waals surface area (Å²) >= 11 is 4.95. The minimum Gasteiger partial charge on any atom is -0.283 e. The monoisotopic (exact) mass is 171 g/mol. The van der Waals surface area contributed by atoms with Gasteiger partial charge in [0, 0.05) is 13.5 Å². The van der Waals surface area contributed by atoms with Gasteiger partial charge in [0.25, 0.3) is 0 Å². The van der Waals surface area contributed by atoms with E-state index >= 15 is 0 Å². The van der Waals surface area contributed by atoms with E-state index in [0.717, 1.165) is 12.2 Å². The summed E-state index contributed by atoms with van der Waals surface area (Å²) in [7, 11) is 1.88. The number of aryl methyl sites for hydroxylation is 2. The molecule has 0 spiro atoms. The first-order valence-electron chi connectivity index (χ1n) is 3.86. The van der Waals surface area contributed by atoms with Crippen LogP contribution in [0.2, 0.25) is 0 Å². The Bertz CT molecular complexity index is 273. The van der Waals surface area contributed by atoms with E-state index < -0.39 is 0 Å². The molecule has 0 unspecified atom stereocenters. The van der Waals surface area contributed by atoms with Crippen LogP contribution in [0, 0.1) is 4.77 Å². The molecule has 62 valence electrons. The van der Waals surface area contributed by atoms with Crippen molar-refractivity contribution in [3.05, 3.63) is 10.6 Å². The van der Waals surface area contributed by atoms with Gasteiger partial charge in [0.2, 0.25) is 4.77 Å². The van der Waals surface area contributed by atoms with Crippen molar-refractivity contribution in [2.24, 2.45) is 7.05 Å². The molecule has 1 aromatic heterocycles. The predicted octanol–water partition coefficient (Wildman–Crippen LogP) is 1.82. The van der Waals surface area contributed by atoms with Crippen molar-refractivity contribution in [3.63, 3.8) is 0 Å². The minimum absolute atomic E-state index is 0.635. The van der Waals surface area contributed by atoms with Crippen molar-refractivity contribution in [1.29, 1.82) is 0 Å². The summed E-state index contributed by atoms with van der Waals surface area (Å²) in [6.45, 7) is 2.16. The molecule has 0 aliphatic carbocycles. The van der Waals surface area contributed by atoms with Crippen molar-refractivity contribution in [2.75, 3.05) is 0 Å². The molecule has 0 bridgehead atoms. The van der Waals surface area contributed by atoms with Gasteiger partial charge in [0.05, 0.1) is 0 Å². The lowest BCUT2D eigenvalue weighted by atomic mass is 10.2. The van der Waals surface area contributed by atoms with Crippen molar-refractivity contribution in [1.82, 2.24) is 14.8 Å². The van der Waals surface area contributed by atoms with Gasteiger partial charge < -0.3 is 0 Å². The number of rotatable bonds is 3. The lowest BCUT2D eigenvalue weighted by Gasteiger charge is -1.91. The molecular formula is C7H13N3S. The van der Waals surface area contributed by atoms with Crippen molar-refractivity contribution >= 4 is 12.2 Å². The third kappa shape index (κ3) is 2.15. The van der Waals surface area contributed by atoms with Crippen LogP contribution in [-0.4, -0.2) is 14.8 Å². The zero-order valence-electron chi connectivity index (χ0n) is 6.92. The van der Waals surface area contributed by atoms with Crippen LogP contribution in [0.15, 0.2) is 0 Å². The van der Waals surface area contributed by atoms with Gasteiger partial charge in [-0.15, -0.1) is 0 Å². The predicted molar refractivity (Wildman–Crippen MR) is 47.0 cm³/mol. The molecule has 3 nitrogen and oxygen atoms in total. The van der Waals surface area contributed by atoms with E-state index in [9.17, 15) is 0 Å². The van der Waals surface area contributed by atoms with Crippen LogP contribution in [0.4, 0.5) is 0 Å². The molecule has 0 fully saturated rings. The van der Waals surface area contributed by atoms with Crippen LogP contribution in [-0.2, 0) is 13.5 Å². The second-order valence-electron chi connectivity index (χ2n) is 2.62. The molecule has 1 aromatic rings. The maximum atomic E-state index is 4.95. The molecule has 0 aliphatic heterocycles. The highest BCUT2D eigenvalue weighted by molar-refractivity contribution is 7.71. The highest BCUT2D eigenvalue weighted by Gasteiger charge is 1.96. The maximum Gasteiger partial charge on any atom is 0.215 e. The molecule has 0 saturated heterocycles. The molecule has 0 radical (unpaired) electrons. The molecular weight excluding hydrogens is 158 g/mol. The number of nitrogens with zero attached hydrogens (tertiary/aromatic N) is 2. The number of hydrogen-bond acceptors (Lipinski definition) is 2. The highest BCUT2D eigenvalue weighted by Crippen LogP contribution is 1.98. The fourth-order valence-electron chi connectivity index (χ4n) is 0.913. The molecule has 0 amide bonds. The fourth-order valence-corrected chi connectivity index (χ4v) is 1.07. The number of hydrogen-bond donors (Lipinski definition) is 1. The zero-order valence-corrected chi connectivity index (χ0v) is 7.74. The fraction of sp³-hybridized carbons (Fsp3) is 0.714. The summed E-state index contributed by atoms with van der Waals surface area (Å²) in [6.07, 6.45) is 3.36. The van der Waals surface area contributed by atoms with Crippen LogP contribution >= 0.6 is 12.2 Å². The summed E-state index contributed by atoms with van der Waals surface area (Å²) < 4.78 is 2.40. The zero-order chi connectivity index (χ0) is 8.27. The quantitative estimate of drug-likeness (QED) is 0.704. The van der Waals surface area contributed by atoms with Crippen LogP contribution in [0.5, 0.6) is 0 Å². The molecule has 11 heavy (non-hydrogen) atoms. The van der Waals surface area contributed by atoms with Crippen molar-refractivity contribution in [3.8, 4) is 0 Å². The standard InChI is InChI=1S/C7H13N3S/c1-3-4-5-6-8-7(11)10(2)9-6/h3-5H2,1-2H3,(H,8,9,11). The van der Waals surface area contributed by atoms with E-state index in [1.165, 1.54) is 12.8 Å². The van der Waals surface area contributed by atoms with Gasteiger partial charge in [-0.3, -0.25) is 9.78 Å². The number of H-pyrrole nitrogens is 1. The Morgan fingerprint density at radius 1 is 1.64 bits per heavy atom. The Morgan fingerprint density at radius 3 is 2.82 bits per heavy atom. The van der Waals surface area contributed by atoms with E-state index in [0.29, 0.717) is 4.77 Å². The third-order valence-electron chi connectivity index (χ3n) is 1.58. The van der Waals surface area contributed by atoms with Crippen molar-refractivity contribution < 1.29 is 0 Å². The van der Waals surface area contributed by atoms with Crippen LogP contribution in [0.3, 0.4) is 0 Å². The smallest absolute Gasteiger partial charge is 0.215 e. The first-order chi connectivity index (χ1) is 5.24. The lowest BCUT2D eigenvalue weighted by Crippen LogP contribution is -1.92. The van der Waals surface area contributed by atoms with E-state index in [1.54, 1.807) is 4.68 Å². The van der Waals surface area contributed by atoms with E-state index in [2.05, 4.69) is 17.0 Å². The third-order valence-corrected chi connectivity index (χ3v) is 1.95. The average molecular weight is 171 g/mol. The molecule has 4 heteroatoms. The summed E-state index contributed by atoms with van der Waals surface area (Å²) in [4.78, 5) is 4.17. The Kier molecular flexibility index (Phi) is 2.82. The topological polar surface area (TPSA) is 33.6 Å². The number of nitrogens with one attached hydrogen (secondary N) is 1. The Labute approximate surface area is 71.4 Å². The molecule has 1 rings (SSSR count). The maximum absolute atomic E-state index is 4.95. The van der Waals surface area contributed by atoms with Crippen LogP contribution in [0.25, 0.3) is 0 Å². The highest BCUT2D eigenvalue weighted by atomic mass is 32.1. The summed E-state index contributed by atoms with van der Waals surface area (Å²) in [5.41, 5.74) is 0. The molecule has 0 saturated carbocycles. The Hall–Kier alpha value is -0.640. The van der Waals surface area contributed by atoms with Gasteiger partial charge in [-0.2, -0.15) is 0 Å². The summed E-state index contributed by atoms with van der Waals surface area (Å²) in [5, 5.41) is 3.08. The van der Waals surface area contributed by atoms with E-state index in [4.69, 9.17) is 12.2 Å². The van der Waals surface area contributed by atoms with E-state index in [1.807, 2.05) is 7.05 Å².